The molecule has 0 atom stereocenters. The van der Waals surface area contributed by atoms with Crippen LogP contribution in [0.4, 0.5) is 8.78 Å². The molecule has 3 nitrogen and oxygen atoms in total. The van der Waals surface area contributed by atoms with Crippen molar-refractivity contribution < 1.29 is 13.5 Å². The van der Waals surface area contributed by atoms with Crippen molar-refractivity contribution in [3.05, 3.63) is 23.9 Å². The third-order valence-electron chi connectivity index (χ3n) is 1.98. The first-order valence-electron chi connectivity index (χ1n) is 5.48. The average molecular weight is 244 g/mol. The van der Waals surface area contributed by atoms with Gasteiger partial charge in [-0.15, -0.1) is 0 Å². The Balaban J connectivity index is 2.54. The van der Waals surface area contributed by atoms with E-state index in [9.17, 15) is 8.78 Å². The molecule has 0 fully saturated rings. The first-order valence-corrected chi connectivity index (χ1v) is 5.48. The molecule has 1 aromatic heterocycles. The topological polar surface area (TPSA) is 34.2 Å². The monoisotopic (exact) mass is 244 g/mol. The molecule has 0 bridgehead atoms. The highest BCUT2D eigenvalue weighted by Crippen LogP contribution is 2.11. The predicted octanol–water partition coefficient (Wildman–Crippen LogP) is 2.61. The number of nitrogens with zero attached hydrogens (tertiary/aromatic N) is 1. The summed E-state index contributed by atoms with van der Waals surface area (Å²) >= 11 is 0. The molecule has 0 saturated carbocycles. The van der Waals surface area contributed by atoms with E-state index in [1.54, 1.807) is 12.3 Å². The molecule has 17 heavy (non-hydrogen) atoms. The van der Waals surface area contributed by atoms with Crippen molar-refractivity contribution in [2.45, 2.75) is 39.3 Å². The lowest BCUT2D eigenvalue weighted by atomic mass is 10.1. The molecule has 1 N–H and O–H groups in total. The van der Waals surface area contributed by atoms with Crippen LogP contribution in [0.2, 0.25) is 0 Å². The molecule has 0 aliphatic heterocycles. The van der Waals surface area contributed by atoms with Crippen molar-refractivity contribution in [1.29, 1.82) is 0 Å². The van der Waals surface area contributed by atoms with Crippen LogP contribution in [-0.4, -0.2) is 23.6 Å². The number of alkyl halides is 2. The predicted molar refractivity (Wildman–Crippen MR) is 62.3 cm³/mol. The maximum Gasteiger partial charge on any atom is 0.272 e. The molecular formula is C12H18F2N2O. The Morgan fingerprint density at radius 2 is 2.12 bits per heavy atom. The lowest BCUT2D eigenvalue weighted by Crippen LogP contribution is -2.35. The first kappa shape index (κ1) is 13.8. The van der Waals surface area contributed by atoms with E-state index in [1.807, 2.05) is 6.07 Å². The van der Waals surface area contributed by atoms with Crippen molar-refractivity contribution >= 4 is 0 Å². The number of pyridine rings is 1. The minimum atomic E-state index is -2.48. The van der Waals surface area contributed by atoms with Crippen molar-refractivity contribution in [2.75, 3.05) is 6.61 Å². The number of aromatic nitrogens is 1. The van der Waals surface area contributed by atoms with Crippen LogP contribution in [0.5, 0.6) is 5.88 Å². The molecule has 1 heterocycles. The van der Waals surface area contributed by atoms with Gasteiger partial charge < -0.3 is 10.1 Å². The second-order valence-electron chi connectivity index (χ2n) is 4.81. The molecule has 0 saturated heterocycles. The van der Waals surface area contributed by atoms with Gasteiger partial charge in [0.05, 0.1) is 0 Å². The summed E-state index contributed by atoms with van der Waals surface area (Å²) in [6.45, 7) is 6.20. The number of hydrogen-bond donors (Lipinski definition) is 1. The third kappa shape index (κ3) is 6.16. The highest BCUT2D eigenvalue weighted by Gasteiger charge is 2.09. The normalized spacial score (nSPS) is 11.9. The first-order chi connectivity index (χ1) is 7.87. The molecule has 0 aliphatic carbocycles. The van der Waals surface area contributed by atoms with Gasteiger partial charge in [-0.1, -0.05) is 0 Å². The average Bonchev–Trinajstić information content (AvgIpc) is 2.23. The highest BCUT2D eigenvalue weighted by molar-refractivity contribution is 5.20. The van der Waals surface area contributed by atoms with Crippen LogP contribution in [-0.2, 0) is 6.54 Å². The van der Waals surface area contributed by atoms with E-state index >= 15 is 0 Å². The molecular weight excluding hydrogens is 226 g/mol. The van der Waals surface area contributed by atoms with Gasteiger partial charge in [-0.05, 0) is 32.4 Å². The molecule has 1 rings (SSSR count). The Morgan fingerprint density at radius 1 is 1.41 bits per heavy atom. The molecule has 96 valence electrons. The second kappa shape index (κ2) is 5.91. The quantitative estimate of drug-likeness (QED) is 0.864. The Morgan fingerprint density at radius 3 is 2.71 bits per heavy atom. The summed E-state index contributed by atoms with van der Waals surface area (Å²) < 4.78 is 28.8. The van der Waals surface area contributed by atoms with Gasteiger partial charge in [0.25, 0.3) is 6.43 Å². The second-order valence-corrected chi connectivity index (χ2v) is 4.81. The van der Waals surface area contributed by atoms with Crippen LogP contribution in [0.15, 0.2) is 18.3 Å². The van der Waals surface area contributed by atoms with Gasteiger partial charge in [-0.3, -0.25) is 0 Å². The maximum atomic E-state index is 12.0. The fourth-order valence-corrected chi connectivity index (χ4v) is 1.15. The van der Waals surface area contributed by atoms with Gasteiger partial charge >= 0.3 is 0 Å². The number of nitrogens with one attached hydrogen (secondary N) is 1. The van der Waals surface area contributed by atoms with Crippen LogP contribution < -0.4 is 10.1 Å². The van der Waals surface area contributed by atoms with Gasteiger partial charge in [0.2, 0.25) is 5.88 Å². The molecule has 0 aliphatic rings. The lowest BCUT2D eigenvalue weighted by molar-refractivity contribution is 0.0795. The fraction of sp³-hybridized carbons (Fsp3) is 0.583. The zero-order chi connectivity index (χ0) is 12.9. The zero-order valence-corrected chi connectivity index (χ0v) is 10.3. The van der Waals surface area contributed by atoms with Gasteiger partial charge in [0.1, 0.15) is 0 Å². The number of rotatable bonds is 5. The number of halogens is 2. The molecule has 0 radical (unpaired) electrons. The molecule has 0 spiro atoms. The van der Waals surface area contributed by atoms with E-state index in [0.717, 1.165) is 5.56 Å². The number of ether oxygens (including phenoxy) is 1. The van der Waals surface area contributed by atoms with Crippen molar-refractivity contribution in [3.63, 3.8) is 0 Å². The Bertz CT molecular complexity index is 351. The van der Waals surface area contributed by atoms with E-state index in [0.29, 0.717) is 6.54 Å². The lowest BCUT2D eigenvalue weighted by Gasteiger charge is -2.20. The Labute approximate surface area is 100 Å². The number of hydrogen-bond acceptors (Lipinski definition) is 3. The summed E-state index contributed by atoms with van der Waals surface area (Å²) in [7, 11) is 0. The molecule has 0 unspecified atom stereocenters. The zero-order valence-electron chi connectivity index (χ0n) is 10.3. The van der Waals surface area contributed by atoms with Crippen LogP contribution in [0.1, 0.15) is 26.3 Å². The smallest absolute Gasteiger partial charge is 0.272 e. The van der Waals surface area contributed by atoms with Crippen molar-refractivity contribution in [1.82, 2.24) is 10.3 Å². The van der Waals surface area contributed by atoms with Crippen LogP contribution >= 0.6 is 0 Å². The van der Waals surface area contributed by atoms with Crippen LogP contribution in [0, 0.1) is 0 Å². The van der Waals surface area contributed by atoms with Gasteiger partial charge in [0.15, 0.2) is 6.61 Å². The Kier molecular flexibility index (Phi) is 4.81. The summed E-state index contributed by atoms with van der Waals surface area (Å²) in [4.78, 5) is 3.87. The van der Waals surface area contributed by atoms with E-state index in [-0.39, 0.29) is 11.4 Å². The van der Waals surface area contributed by atoms with Crippen LogP contribution in [0.25, 0.3) is 0 Å². The van der Waals surface area contributed by atoms with Gasteiger partial charge in [0, 0.05) is 24.3 Å². The van der Waals surface area contributed by atoms with Crippen molar-refractivity contribution in [3.8, 4) is 5.88 Å². The minimum Gasteiger partial charge on any atom is -0.472 e. The Hall–Kier alpha value is -1.23. The largest absolute Gasteiger partial charge is 0.472 e. The summed E-state index contributed by atoms with van der Waals surface area (Å²) in [5.74, 6) is 0.235. The molecule has 1 aromatic rings. The minimum absolute atomic E-state index is 0.00721. The summed E-state index contributed by atoms with van der Waals surface area (Å²) in [5.41, 5.74) is 0.965. The maximum absolute atomic E-state index is 12.0. The third-order valence-corrected chi connectivity index (χ3v) is 1.98. The summed E-state index contributed by atoms with van der Waals surface area (Å²) in [6.07, 6.45) is -0.923. The molecule has 0 amide bonds. The van der Waals surface area contributed by atoms with Gasteiger partial charge in [-0.25, -0.2) is 13.8 Å². The van der Waals surface area contributed by atoms with E-state index in [1.165, 1.54) is 0 Å². The van der Waals surface area contributed by atoms with Crippen molar-refractivity contribution in [2.24, 2.45) is 0 Å². The van der Waals surface area contributed by atoms with E-state index in [4.69, 9.17) is 4.74 Å². The fourth-order valence-electron chi connectivity index (χ4n) is 1.15. The van der Waals surface area contributed by atoms with E-state index in [2.05, 4.69) is 31.1 Å². The van der Waals surface area contributed by atoms with Gasteiger partial charge in [-0.2, -0.15) is 0 Å². The summed E-state index contributed by atoms with van der Waals surface area (Å²) in [6, 6.07) is 3.50. The molecule has 0 aromatic carbocycles. The SMILES string of the molecule is CC(C)(C)NCc1ccnc(OCC(F)F)c1. The highest BCUT2D eigenvalue weighted by atomic mass is 19.3. The standard InChI is InChI=1S/C12H18F2N2O/c1-12(2,3)16-7-9-4-5-15-11(6-9)17-8-10(13)14/h4-6,10,16H,7-8H2,1-3H3. The van der Waals surface area contributed by atoms with Crippen LogP contribution in [0.3, 0.4) is 0 Å². The summed E-state index contributed by atoms with van der Waals surface area (Å²) in [5, 5.41) is 3.30. The molecule has 5 heteroatoms. The van der Waals surface area contributed by atoms with E-state index < -0.39 is 13.0 Å².